The highest BCUT2D eigenvalue weighted by atomic mass is 16.6. The molecule has 1 saturated carbocycles. The third kappa shape index (κ3) is 2.81. The number of nitrogens with one attached hydrogen (secondary N) is 1. The van der Waals surface area contributed by atoms with E-state index in [1.54, 1.807) is 0 Å². The maximum atomic E-state index is 11.3. The predicted molar refractivity (Wildman–Crippen MR) is 46.3 cm³/mol. The number of amides is 1. The zero-order valence-electron chi connectivity index (χ0n) is 7.64. The molecule has 0 aliphatic heterocycles. The van der Waals surface area contributed by atoms with Crippen molar-refractivity contribution in [1.82, 2.24) is 5.48 Å². The summed E-state index contributed by atoms with van der Waals surface area (Å²) in [7, 11) is 1.48. The van der Waals surface area contributed by atoms with Crippen LogP contribution >= 0.6 is 0 Å². The lowest BCUT2D eigenvalue weighted by atomic mass is 10.0. The summed E-state index contributed by atoms with van der Waals surface area (Å²) >= 11 is 0. The fourth-order valence-corrected chi connectivity index (χ4v) is 1.73. The van der Waals surface area contributed by atoms with E-state index in [4.69, 9.17) is 0 Å². The second-order valence-corrected chi connectivity index (χ2v) is 3.36. The monoisotopic (exact) mass is 171 g/mol. The highest BCUT2D eigenvalue weighted by molar-refractivity contribution is 5.77. The average molecular weight is 171 g/mol. The minimum atomic E-state index is 0.0550. The standard InChI is InChI=1S/C9H17NO2/c1-12-10-9(11)8-6-4-2-3-5-7-8/h8H,2-7H2,1H3,(H,10,11). The van der Waals surface area contributed by atoms with Crippen molar-refractivity contribution >= 4 is 5.91 Å². The summed E-state index contributed by atoms with van der Waals surface area (Å²) in [5, 5.41) is 0. The zero-order valence-corrected chi connectivity index (χ0v) is 7.64. The third-order valence-electron chi connectivity index (χ3n) is 2.43. The van der Waals surface area contributed by atoms with Crippen molar-refractivity contribution in [3.63, 3.8) is 0 Å². The molecule has 1 aliphatic rings. The third-order valence-corrected chi connectivity index (χ3v) is 2.43. The number of hydrogen-bond donors (Lipinski definition) is 1. The fraction of sp³-hybridized carbons (Fsp3) is 0.889. The molecular formula is C9H17NO2. The molecule has 0 unspecified atom stereocenters. The first kappa shape index (κ1) is 9.52. The highest BCUT2D eigenvalue weighted by Crippen LogP contribution is 2.22. The van der Waals surface area contributed by atoms with E-state index in [0.717, 1.165) is 12.8 Å². The van der Waals surface area contributed by atoms with Crippen molar-refractivity contribution in [3.8, 4) is 0 Å². The summed E-state index contributed by atoms with van der Waals surface area (Å²) in [6.45, 7) is 0. The fourth-order valence-electron chi connectivity index (χ4n) is 1.73. The Morgan fingerprint density at radius 3 is 2.33 bits per heavy atom. The maximum Gasteiger partial charge on any atom is 0.246 e. The van der Waals surface area contributed by atoms with Crippen LogP contribution in [0.15, 0.2) is 0 Å². The van der Waals surface area contributed by atoms with E-state index >= 15 is 0 Å². The predicted octanol–water partition coefficient (Wildman–Crippen LogP) is 1.63. The Balaban J connectivity index is 2.32. The molecular weight excluding hydrogens is 154 g/mol. The molecule has 1 N–H and O–H groups in total. The second kappa shape index (κ2) is 5.14. The van der Waals surface area contributed by atoms with Crippen molar-refractivity contribution in [1.29, 1.82) is 0 Å². The molecule has 0 aromatic carbocycles. The van der Waals surface area contributed by atoms with Crippen LogP contribution < -0.4 is 5.48 Å². The topological polar surface area (TPSA) is 38.3 Å². The van der Waals surface area contributed by atoms with Crippen molar-refractivity contribution < 1.29 is 9.63 Å². The Morgan fingerprint density at radius 1 is 1.25 bits per heavy atom. The van der Waals surface area contributed by atoms with Gasteiger partial charge in [-0.1, -0.05) is 25.7 Å². The van der Waals surface area contributed by atoms with Crippen LogP contribution in [0.25, 0.3) is 0 Å². The van der Waals surface area contributed by atoms with Crippen LogP contribution in [0.4, 0.5) is 0 Å². The van der Waals surface area contributed by atoms with Gasteiger partial charge in [0.1, 0.15) is 0 Å². The molecule has 0 heterocycles. The number of carbonyl (C=O) groups is 1. The normalized spacial score (nSPS) is 20.1. The van der Waals surface area contributed by atoms with Gasteiger partial charge in [-0.3, -0.25) is 9.63 Å². The zero-order chi connectivity index (χ0) is 8.81. The van der Waals surface area contributed by atoms with Gasteiger partial charge in [0.05, 0.1) is 7.11 Å². The second-order valence-electron chi connectivity index (χ2n) is 3.36. The van der Waals surface area contributed by atoms with Crippen LogP contribution in [0.5, 0.6) is 0 Å². The Bertz CT molecular complexity index is 139. The van der Waals surface area contributed by atoms with Gasteiger partial charge in [0.25, 0.3) is 0 Å². The van der Waals surface area contributed by atoms with E-state index < -0.39 is 0 Å². The van der Waals surface area contributed by atoms with Crippen LogP contribution in [0.1, 0.15) is 38.5 Å². The molecule has 0 bridgehead atoms. The van der Waals surface area contributed by atoms with E-state index in [0.29, 0.717) is 0 Å². The molecule has 3 nitrogen and oxygen atoms in total. The van der Waals surface area contributed by atoms with Gasteiger partial charge >= 0.3 is 0 Å². The van der Waals surface area contributed by atoms with Crippen molar-refractivity contribution in [2.24, 2.45) is 5.92 Å². The summed E-state index contributed by atoms with van der Waals surface area (Å²) in [4.78, 5) is 15.9. The van der Waals surface area contributed by atoms with E-state index in [9.17, 15) is 4.79 Å². The molecule has 1 amide bonds. The van der Waals surface area contributed by atoms with E-state index in [2.05, 4.69) is 10.3 Å². The van der Waals surface area contributed by atoms with Gasteiger partial charge in [0.15, 0.2) is 0 Å². The van der Waals surface area contributed by atoms with Crippen LogP contribution in [0.3, 0.4) is 0 Å². The number of carbonyl (C=O) groups excluding carboxylic acids is 1. The molecule has 0 aromatic rings. The molecule has 0 spiro atoms. The van der Waals surface area contributed by atoms with Crippen molar-refractivity contribution in [2.75, 3.05) is 7.11 Å². The Kier molecular flexibility index (Phi) is 4.08. The summed E-state index contributed by atoms with van der Waals surface area (Å²) in [5.41, 5.74) is 2.40. The molecule has 0 atom stereocenters. The Labute approximate surface area is 73.4 Å². The first-order chi connectivity index (χ1) is 5.84. The van der Waals surface area contributed by atoms with Gasteiger partial charge in [-0.2, -0.15) is 0 Å². The molecule has 0 radical (unpaired) electrons. The molecule has 1 aliphatic carbocycles. The SMILES string of the molecule is CONC(=O)C1CCCCCC1. The van der Waals surface area contributed by atoms with Crippen molar-refractivity contribution in [2.45, 2.75) is 38.5 Å². The number of hydrogen-bond acceptors (Lipinski definition) is 2. The molecule has 0 aromatic heterocycles. The van der Waals surface area contributed by atoms with Gasteiger partial charge in [-0.15, -0.1) is 0 Å². The number of hydroxylamine groups is 1. The minimum Gasteiger partial charge on any atom is -0.277 e. The molecule has 0 saturated heterocycles. The largest absolute Gasteiger partial charge is 0.277 e. The van der Waals surface area contributed by atoms with Gasteiger partial charge in [-0.05, 0) is 12.8 Å². The average Bonchev–Trinajstić information content (AvgIpc) is 2.32. The first-order valence-electron chi connectivity index (χ1n) is 4.67. The molecule has 3 heteroatoms. The quantitative estimate of drug-likeness (QED) is 0.506. The van der Waals surface area contributed by atoms with Crippen molar-refractivity contribution in [3.05, 3.63) is 0 Å². The number of rotatable bonds is 2. The van der Waals surface area contributed by atoms with E-state index in [1.807, 2.05) is 0 Å². The molecule has 1 rings (SSSR count). The lowest BCUT2D eigenvalue weighted by molar-refractivity contribution is -0.135. The lowest BCUT2D eigenvalue weighted by Crippen LogP contribution is -2.29. The molecule has 1 fully saturated rings. The smallest absolute Gasteiger partial charge is 0.246 e. The Hall–Kier alpha value is -0.570. The van der Waals surface area contributed by atoms with Crippen LogP contribution in [-0.2, 0) is 9.63 Å². The Morgan fingerprint density at radius 2 is 1.83 bits per heavy atom. The van der Waals surface area contributed by atoms with Crippen LogP contribution in [-0.4, -0.2) is 13.0 Å². The lowest BCUT2D eigenvalue weighted by Gasteiger charge is -2.11. The summed E-state index contributed by atoms with van der Waals surface area (Å²) in [6, 6.07) is 0. The summed E-state index contributed by atoms with van der Waals surface area (Å²) < 4.78 is 0. The summed E-state index contributed by atoms with van der Waals surface area (Å²) in [5.74, 6) is 0.242. The summed E-state index contributed by atoms with van der Waals surface area (Å²) in [6.07, 6.45) is 6.96. The maximum absolute atomic E-state index is 11.3. The van der Waals surface area contributed by atoms with Gasteiger partial charge < -0.3 is 0 Å². The highest BCUT2D eigenvalue weighted by Gasteiger charge is 2.19. The van der Waals surface area contributed by atoms with Crippen LogP contribution in [0, 0.1) is 5.92 Å². The molecule has 70 valence electrons. The van der Waals surface area contributed by atoms with Gasteiger partial charge in [-0.25, -0.2) is 5.48 Å². The van der Waals surface area contributed by atoms with E-state index in [-0.39, 0.29) is 11.8 Å². The molecule has 12 heavy (non-hydrogen) atoms. The van der Waals surface area contributed by atoms with E-state index in [1.165, 1.54) is 32.8 Å². The van der Waals surface area contributed by atoms with Crippen LogP contribution in [0.2, 0.25) is 0 Å². The first-order valence-corrected chi connectivity index (χ1v) is 4.67. The van der Waals surface area contributed by atoms with Gasteiger partial charge in [0.2, 0.25) is 5.91 Å². The van der Waals surface area contributed by atoms with Gasteiger partial charge in [0, 0.05) is 5.92 Å². The minimum absolute atomic E-state index is 0.0550.